The lowest BCUT2D eigenvalue weighted by Crippen LogP contribution is -2.34. The molecule has 1 rings (SSSR count). The molecule has 0 aliphatic heterocycles. The Kier molecular flexibility index (Phi) is 6.41. The van der Waals surface area contributed by atoms with Crippen LogP contribution in [0.5, 0.6) is 0 Å². The highest BCUT2D eigenvalue weighted by atomic mass is 16.6. The number of ether oxygens (including phenoxy) is 2. The summed E-state index contributed by atoms with van der Waals surface area (Å²) in [6.07, 6.45) is -0.267. The third-order valence-corrected chi connectivity index (χ3v) is 2.95. The molecule has 1 N–H and O–H groups in total. The zero-order chi connectivity index (χ0) is 18.5. The van der Waals surface area contributed by atoms with Crippen LogP contribution >= 0.6 is 0 Å². The van der Waals surface area contributed by atoms with Crippen molar-refractivity contribution < 1.29 is 19.1 Å². The molecule has 5 heteroatoms. The zero-order valence-corrected chi connectivity index (χ0v) is 15.7. The minimum atomic E-state index is -0.539. The smallest absolute Gasteiger partial charge is 0.408 e. The predicted molar refractivity (Wildman–Crippen MR) is 93.8 cm³/mol. The fourth-order valence-electron chi connectivity index (χ4n) is 2.08. The molecule has 1 atom stereocenters. The molecule has 0 saturated heterocycles. The fraction of sp³-hybridized carbons (Fsp3) is 0.579. The lowest BCUT2D eigenvalue weighted by atomic mass is 10.0. The van der Waals surface area contributed by atoms with Gasteiger partial charge in [-0.05, 0) is 59.6 Å². The minimum Gasteiger partial charge on any atom is -0.460 e. The summed E-state index contributed by atoms with van der Waals surface area (Å²) in [4.78, 5) is 23.8. The van der Waals surface area contributed by atoms with Crippen LogP contribution in [0.15, 0.2) is 24.3 Å². The number of hydrogen-bond donors (Lipinski definition) is 1. The molecule has 24 heavy (non-hydrogen) atoms. The van der Waals surface area contributed by atoms with E-state index in [4.69, 9.17) is 9.47 Å². The summed E-state index contributed by atoms with van der Waals surface area (Å²) in [6, 6.07) is 7.31. The van der Waals surface area contributed by atoms with Crippen LogP contribution in [-0.4, -0.2) is 23.3 Å². The molecule has 0 aromatic heterocycles. The van der Waals surface area contributed by atoms with Crippen LogP contribution in [0.25, 0.3) is 0 Å². The molecule has 0 spiro atoms. The van der Waals surface area contributed by atoms with Gasteiger partial charge in [-0.15, -0.1) is 0 Å². The zero-order valence-electron chi connectivity index (χ0n) is 15.7. The van der Waals surface area contributed by atoms with E-state index in [-0.39, 0.29) is 18.4 Å². The van der Waals surface area contributed by atoms with Gasteiger partial charge in [-0.3, -0.25) is 4.79 Å². The third-order valence-electron chi connectivity index (χ3n) is 2.95. The first-order valence-electron chi connectivity index (χ1n) is 8.16. The molecule has 1 aromatic rings. The Labute approximate surface area is 144 Å². The first kappa shape index (κ1) is 20.0. The van der Waals surface area contributed by atoms with E-state index in [0.29, 0.717) is 0 Å². The summed E-state index contributed by atoms with van der Waals surface area (Å²) in [7, 11) is 0. The van der Waals surface area contributed by atoms with E-state index in [0.717, 1.165) is 11.1 Å². The summed E-state index contributed by atoms with van der Waals surface area (Å²) in [5.41, 5.74) is 0.712. The van der Waals surface area contributed by atoms with Gasteiger partial charge in [0.2, 0.25) is 0 Å². The van der Waals surface area contributed by atoms with Crippen LogP contribution in [-0.2, 0) is 20.7 Å². The molecule has 0 saturated carbocycles. The van der Waals surface area contributed by atoms with E-state index in [1.807, 2.05) is 72.7 Å². The fourth-order valence-corrected chi connectivity index (χ4v) is 2.08. The highest BCUT2D eigenvalue weighted by Gasteiger charge is 2.19. The van der Waals surface area contributed by atoms with Crippen molar-refractivity contribution in [2.24, 2.45) is 0 Å². The maximum atomic E-state index is 11.9. The lowest BCUT2D eigenvalue weighted by molar-refractivity contribution is -0.153. The highest BCUT2D eigenvalue weighted by molar-refractivity contribution is 5.73. The van der Waals surface area contributed by atoms with E-state index in [1.54, 1.807) is 0 Å². The number of nitrogens with one attached hydrogen (secondary N) is 1. The van der Waals surface area contributed by atoms with E-state index in [1.165, 1.54) is 0 Å². The van der Waals surface area contributed by atoms with Gasteiger partial charge in [0.25, 0.3) is 0 Å². The molecule has 0 fully saturated rings. The van der Waals surface area contributed by atoms with Gasteiger partial charge in [-0.2, -0.15) is 0 Å². The van der Waals surface area contributed by atoms with E-state index >= 15 is 0 Å². The summed E-state index contributed by atoms with van der Waals surface area (Å²) in [6.45, 7) is 12.9. The van der Waals surface area contributed by atoms with E-state index in [2.05, 4.69) is 5.32 Å². The Balaban J connectivity index is 2.70. The van der Waals surface area contributed by atoms with Crippen molar-refractivity contribution in [1.29, 1.82) is 0 Å². The van der Waals surface area contributed by atoms with Crippen molar-refractivity contribution in [3.63, 3.8) is 0 Å². The lowest BCUT2D eigenvalue weighted by Gasteiger charge is -2.22. The standard InChI is InChI=1S/C19H29NO4/c1-13(20-17(22)24-19(5,6)7)15-10-8-9-14(11-15)12-16(21)23-18(2,3)4/h8-11,13H,12H2,1-7H3,(H,20,22). The number of hydrogen-bond acceptors (Lipinski definition) is 4. The molecule has 1 amide bonds. The average molecular weight is 335 g/mol. The van der Waals surface area contributed by atoms with Crippen LogP contribution in [0.1, 0.15) is 65.6 Å². The first-order valence-corrected chi connectivity index (χ1v) is 8.16. The van der Waals surface area contributed by atoms with Gasteiger partial charge in [-0.25, -0.2) is 4.79 Å². The van der Waals surface area contributed by atoms with Crippen molar-refractivity contribution in [3.05, 3.63) is 35.4 Å². The Hall–Kier alpha value is -2.04. The Morgan fingerprint density at radius 3 is 2.17 bits per heavy atom. The van der Waals surface area contributed by atoms with Crippen molar-refractivity contribution in [2.45, 2.75) is 72.1 Å². The molecule has 0 radical (unpaired) electrons. The van der Waals surface area contributed by atoms with E-state index < -0.39 is 17.3 Å². The van der Waals surface area contributed by atoms with Crippen molar-refractivity contribution in [1.82, 2.24) is 5.32 Å². The van der Waals surface area contributed by atoms with Gasteiger partial charge in [0.05, 0.1) is 12.5 Å². The van der Waals surface area contributed by atoms with Crippen LogP contribution in [0.3, 0.4) is 0 Å². The quantitative estimate of drug-likeness (QED) is 0.839. The Morgan fingerprint density at radius 1 is 1.04 bits per heavy atom. The van der Waals surface area contributed by atoms with Crippen molar-refractivity contribution >= 4 is 12.1 Å². The number of carbonyl (C=O) groups is 2. The maximum Gasteiger partial charge on any atom is 0.408 e. The molecule has 0 heterocycles. The molecule has 0 aliphatic rings. The first-order chi connectivity index (χ1) is 10.9. The molecule has 5 nitrogen and oxygen atoms in total. The molecule has 0 aliphatic carbocycles. The number of alkyl carbamates (subject to hydrolysis) is 1. The molecule has 1 unspecified atom stereocenters. The summed E-state index contributed by atoms with van der Waals surface area (Å²) < 4.78 is 10.6. The topological polar surface area (TPSA) is 64.6 Å². The van der Waals surface area contributed by atoms with Gasteiger partial charge >= 0.3 is 12.1 Å². The SMILES string of the molecule is CC(NC(=O)OC(C)(C)C)c1cccc(CC(=O)OC(C)(C)C)c1. The summed E-state index contributed by atoms with van der Waals surface area (Å²) in [5, 5.41) is 2.79. The van der Waals surface area contributed by atoms with Gasteiger partial charge in [-0.1, -0.05) is 24.3 Å². The summed E-state index contributed by atoms with van der Waals surface area (Å²) in [5.74, 6) is -0.271. The van der Waals surface area contributed by atoms with Gasteiger partial charge in [0, 0.05) is 0 Å². The largest absolute Gasteiger partial charge is 0.460 e. The number of rotatable bonds is 4. The van der Waals surface area contributed by atoms with Crippen molar-refractivity contribution in [2.75, 3.05) is 0 Å². The van der Waals surface area contributed by atoms with Crippen LogP contribution in [0.4, 0.5) is 4.79 Å². The van der Waals surface area contributed by atoms with Gasteiger partial charge in [0.15, 0.2) is 0 Å². The van der Waals surface area contributed by atoms with Crippen LogP contribution < -0.4 is 5.32 Å². The average Bonchev–Trinajstić information content (AvgIpc) is 2.33. The van der Waals surface area contributed by atoms with Gasteiger partial charge < -0.3 is 14.8 Å². The second-order valence-electron chi connectivity index (χ2n) is 7.88. The highest BCUT2D eigenvalue weighted by Crippen LogP contribution is 2.17. The van der Waals surface area contributed by atoms with Crippen LogP contribution in [0, 0.1) is 0 Å². The second-order valence-corrected chi connectivity index (χ2v) is 7.88. The molecular weight excluding hydrogens is 306 g/mol. The predicted octanol–water partition coefficient (Wildman–Crippen LogP) is 4.16. The molecule has 134 valence electrons. The van der Waals surface area contributed by atoms with E-state index in [9.17, 15) is 9.59 Å². The van der Waals surface area contributed by atoms with Crippen molar-refractivity contribution in [3.8, 4) is 0 Å². The number of benzene rings is 1. The van der Waals surface area contributed by atoms with Crippen LogP contribution in [0.2, 0.25) is 0 Å². The summed E-state index contributed by atoms with van der Waals surface area (Å²) >= 11 is 0. The maximum absolute atomic E-state index is 11.9. The number of amides is 1. The second kappa shape index (κ2) is 7.69. The molecular formula is C19H29NO4. The monoisotopic (exact) mass is 335 g/mol. The molecule has 0 bridgehead atoms. The van der Waals surface area contributed by atoms with Gasteiger partial charge in [0.1, 0.15) is 11.2 Å². The normalized spacial score (nSPS) is 13.1. The minimum absolute atomic E-state index is 0.199. The number of esters is 1. The molecule has 1 aromatic carbocycles. The number of carbonyl (C=O) groups excluding carboxylic acids is 2. The Bertz CT molecular complexity index is 582. The Morgan fingerprint density at radius 2 is 1.62 bits per heavy atom. The third kappa shape index (κ3) is 7.99.